The van der Waals surface area contributed by atoms with Gasteiger partial charge in [-0.05, 0) is 5.56 Å². The molecule has 0 spiro atoms. The van der Waals surface area contributed by atoms with Crippen LogP contribution in [0.2, 0.25) is 0 Å². The van der Waals surface area contributed by atoms with E-state index in [-0.39, 0.29) is 6.54 Å². The van der Waals surface area contributed by atoms with E-state index in [0.29, 0.717) is 0 Å². The summed E-state index contributed by atoms with van der Waals surface area (Å²) in [5.74, 6) is -0.943. The quantitative estimate of drug-likeness (QED) is 0.272. The van der Waals surface area contributed by atoms with Gasteiger partial charge in [0.05, 0.1) is 6.61 Å². The largest absolute Gasteiger partial charge is 0.394 e. The van der Waals surface area contributed by atoms with Gasteiger partial charge < -0.3 is 36.0 Å². The van der Waals surface area contributed by atoms with Crippen molar-refractivity contribution in [3.63, 3.8) is 0 Å². The Balaban J connectivity index is 2.54. The van der Waals surface area contributed by atoms with E-state index in [1.54, 1.807) is 30.3 Å². The number of amides is 1. The summed E-state index contributed by atoms with van der Waals surface area (Å²) in [6.45, 7) is -0.734. The lowest BCUT2D eigenvalue weighted by molar-refractivity contribution is -0.157. The van der Waals surface area contributed by atoms with Gasteiger partial charge in [-0.3, -0.25) is 4.79 Å². The highest BCUT2D eigenvalue weighted by Crippen LogP contribution is 2.09. The van der Waals surface area contributed by atoms with Gasteiger partial charge in [0.2, 0.25) is 0 Å². The van der Waals surface area contributed by atoms with Gasteiger partial charge in [0, 0.05) is 6.54 Å². The van der Waals surface area contributed by atoms with E-state index in [2.05, 4.69) is 5.32 Å². The highest BCUT2D eigenvalue weighted by molar-refractivity contribution is 5.81. The van der Waals surface area contributed by atoms with E-state index in [1.807, 2.05) is 0 Å². The molecule has 0 aromatic heterocycles. The Labute approximate surface area is 127 Å². The second-order valence-corrected chi connectivity index (χ2v) is 4.87. The van der Waals surface area contributed by atoms with Crippen molar-refractivity contribution in [3.8, 4) is 0 Å². The standard InChI is InChI=1S/C14H21NO7/c16-7-9(17)10(18)11(19)12(20)13(21)14(22)15-6-8-4-2-1-3-5-8/h1-5,9-13,16-21H,6-7H2,(H,15,22)/t9-,10-,11-,12-,13+/m1/s1. The van der Waals surface area contributed by atoms with E-state index in [0.717, 1.165) is 5.56 Å². The number of rotatable bonds is 8. The third-order valence-electron chi connectivity index (χ3n) is 3.18. The maximum Gasteiger partial charge on any atom is 0.251 e. The van der Waals surface area contributed by atoms with E-state index in [9.17, 15) is 25.2 Å². The number of aliphatic hydroxyl groups is 6. The summed E-state index contributed by atoms with van der Waals surface area (Å²) in [6, 6.07) is 8.83. The Hall–Kier alpha value is -1.55. The van der Waals surface area contributed by atoms with Crippen LogP contribution in [-0.2, 0) is 11.3 Å². The predicted octanol–water partition coefficient (Wildman–Crippen LogP) is -2.90. The van der Waals surface area contributed by atoms with Crippen molar-refractivity contribution in [2.45, 2.75) is 37.1 Å². The van der Waals surface area contributed by atoms with Crippen molar-refractivity contribution in [1.82, 2.24) is 5.32 Å². The molecule has 0 aliphatic carbocycles. The van der Waals surface area contributed by atoms with Crippen LogP contribution >= 0.6 is 0 Å². The van der Waals surface area contributed by atoms with Gasteiger partial charge in [-0.2, -0.15) is 0 Å². The first kappa shape index (κ1) is 18.5. The molecule has 22 heavy (non-hydrogen) atoms. The van der Waals surface area contributed by atoms with E-state index >= 15 is 0 Å². The number of hydrogen-bond acceptors (Lipinski definition) is 7. The molecule has 0 saturated carbocycles. The Morgan fingerprint density at radius 3 is 2.09 bits per heavy atom. The molecule has 0 saturated heterocycles. The van der Waals surface area contributed by atoms with Crippen LogP contribution in [0.5, 0.6) is 0 Å². The number of carbonyl (C=O) groups is 1. The number of hydrogen-bond donors (Lipinski definition) is 7. The molecule has 5 atom stereocenters. The molecule has 1 amide bonds. The minimum Gasteiger partial charge on any atom is -0.394 e. The molecule has 8 heteroatoms. The zero-order chi connectivity index (χ0) is 16.7. The minimum atomic E-state index is -2.02. The molecule has 1 aromatic rings. The van der Waals surface area contributed by atoms with Gasteiger partial charge in [-0.15, -0.1) is 0 Å². The summed E-state index contributed by atoms with van der Waals surface area (Å²) in [4.78, 5) is 11.7. The van der Waals surface area contributed by atoms with E-state index in [1.165, 1.54) is 0 Å². The Morgan fingerprint density at radius 2 is 1.55 bits per heavy atom. The maximum atomic E-state index is 11.7. The molecule has 7 N–H and O–H groups in total. The lowest BCUT2D eigenvalue weighted by Crippen LogP contribution is -2.53. The average molecular weight is 315 g/mol. The molecule has 8 nitrogen and oxygen atoms in total. The number of aliphatic hydroxyl groups excluding tert-OH is 6. The summed E-state index contributed by atoms with van der Waals surface area (Å²) in [5, 5.41) is 58.5. The van der Waals surface area contributed by atoms with E-state index < -0.39 is 43.0 Å². The molecular weight excluding hydrogens is 294 g/mol. The summed E-state index contributed by atoms with van der Waals surface area (Å²) in [7, 11) is 0. The van der Waals surface area contributed by atoms with Crippen molar-refractivity contribution in [2.75, 3.05) is 6.61 Å². The minimum absolute atomic E-state index is 0.112. The Kier molecular flexibility index (Phi) is 7.39. The van der Waals surface area contributed by atoms with Crippen molar-refractivity contribution < 1.29 is 35.4 Å². The molecule has 0 radical (unpaired) electrons. The van der Waals surface area contributed by atoms with Crippen LogP contribution in [0.3, 0.4) is 0 Å². The first-order valence-corrected chi connectivity index (χ1v) is 6.71. The Bertz CT molecular complexity index is 456. The molecule has 0 heterocycles. The predicted molar refractivity (Wildman–Crippen MR) is 75.4 cm³/mol. The van der Waals surface area contributed by atoms with Gasteiger partial charge in [0.1, 0.15) is 24.4 Å². The Morgan fingerprint density at radius 1 is 0.955 bits per heavy atom. The van der Waals surface area contributed by atoms with Crippen molar-refractivity contribution in [2.24, 2.45) is 0 Å². The topological polar surface area (TPSA) is 150 Å². The fraction of sp³-hybridized carbons (Fsp3) is 0.500. The normalized spacial score (nSPS) is 18.1. The molecule has 0 unspecified atom stereocenters. The van der Waals surface area contributed by atoms with Crippen LogP contribution in [0.4, 0.5) is 0 Å². The number of nitrogens with one attached hydrogen (secondary N) is 1. The third kappa shape index (κ3) is 5.02. The first-order chi connectivity index (χ1) is 10.4. The van der Waals surface area contributed by atoms with Crippen molar-refractivity contribution in [1.29, 1.82) is 0 Å². The third-order valence-corrected chi connectivity index (χ3v) is 3.18. The monoisotopic (exact) mass is 315 g/mol. The molecule has 0 fully saturated rings. The average Bonchev–Trinajstić information content (AvgIpc) is 2.56. The van der Waals surface area contributed by atoms with Gasteiger partial charge >= 0.3 is 0 Å². The van der Waals surface area contributed by atoms with Crippen LogP contribution in [0, 0.1) is 0 Å². The lowest BCUT2D eigenvalue weighted by Gasteiger charge is -2.27. The zero-order valence-electron chi connectivity index (χ0n) is 11.8. The molecular formula is C14H21NO7. The molecule has 1 aromatic carbocycles. The lowest BCUT2D eigenvalue weighted by atomic mass is 9.99. The summed E-state index contributed by atoms with van der Waals surface area (Å²) in [6.07, 6.45) is -9.63. The molecule has 0 aliphatic heterocycles. The molecule has 0 bridgehead atoms. The second-order valence-electron chi connectivity index (χ2n) is 4.87. The maximum absolute atomic E-state index is 11.7. The smallest absolute Gasteiger partial charge is 0.251 e. The molecule has 1 rings (SSSR count). The van der Waals surface area contributed by atoms with Crippen molar-refractivity contribution in [3.05, 3.63) is 35.9 Å². The van der Waals surface area contributed by atoms with Crippen LogP contribution in [0.1, 0.15) is 5.56 Å². The van der Waals surface area contributed by atoms with Gasteiger partial charge in [0.15, 0.2) is 6.10 Å². The zero-order valence-corrected chi connectivity index (χ0v) is 11.8. The second kappa shape index (κ2) is 8.79. The van der Waals surface area contributed by atoms with Crippen LogP contribution in [0.25, 0.3) is 0 Å². The van der Waals surface area contributed by atoms with Gasteiger partial charge in [0.25, 0.3) is 5.91 Å². The van der Waals surface area contributed by atoms with Crippen LogP contribution in [0.15, 0.2) is 30.3 Å². The fourth-order valence-corrected chi connectivity index (χ4v) is 1.77. The number of carbonyl (C=O) groups excluding carboxylic acids is 1. The van der Waals surface area contributed by atoms with Gasteiger partial charge in [-0.25, -0.2) is 0 Å². The van der Waals surface area contributed by atoms with E-state index in [4.69, 9.17) is 10.2 Å². The van der Waals surface area contributed by atoms with Crippen LogP contribution in [-0.4, -0.2) is 73.7 Å². The summed E-state index contributed by atoms with van der Waals surface area (Å²) < 4.78 is 0. The van der Waals surface area contributed by atoms with Crippen molar-refractivity contribution >= 4 is 5.91 Å². The highest BCUT2D eigenvalue weighted by Gasteiger charge is 2.36. The fourth-order valence-electron chi connectivity index (χ4n) is 1.77. The highest BCUT2D eigenvalue weighted by atomic mass is 16.4. The SMILES string of the molecule is O=C(NCc1ccccc1)[C@@H](O)[C@H](O)[C@H](O)[C@H](O)[C@H](O)CO. The first-order valence-electron chi connectivity index (χ1n) is 6.71. The number of benzene rings is 1. The molecule has 0 aliphatic rings. The summed E-state index contributed by atoms with van der Waals surface area (Å²) >= 11 is 0. The van der Waals surface area contributed by atoms with Gasteiger partial charge in [-0.1, -0.05) is 30.3 Å². The summed E-state index contributed by atoms with van der Waals surface area (Å²) in [5.41, 5.74) is 0.772. The molecule has 124 valence electrons. The van der Waals surface area contributed by atoms with Crippen LogP contribution < -0.4 is 5.32 Å².